The predicted molar refractivity (Wildman–Crippen MR) is 118 cm³/mol. The molecule has 3 heterocycles. The highest BCUT2D eigenvalue weighted by Gasteiger charge is 2.15. The van der Waals surface area contributed by atoms with Gasteiger partial charge in [0.05, 0.1) is 11.4 Å². The molecule has 0 radical (unpaired) electrons. The van der Waals surface area contributed by atoms with Crippen molar-refractivity contribution in [1.29, 1.82) is 0 Å². The molecule has 32 heavy (non-hydrogen) atoms. The van der Waals surface area contributed by atoms with Gasteiger partial charge in [0.1, 0.15) is 12.4 Å². The Bertz CT molecular complexity index is 1160. The van der Waals surface area contributed by atoms with Gasteiger partial charge in [0.2, 0.25) is 5.91 Å². The molecule has 1 N–H and O–H groups in total. The molecule has 1 unspecified atom stereocenters. The first-order chi connectivity index (χ1) is 15.6. The largest absolute Gasteiger partial charge is 0.352 e. The molecule has 1 amide bonds. The summed E-state index contributed by atoms with van der Waals surface area (Å²) in [6.45, 7) is 2.00. The summed E-state index contributed by atoms with van der Waals surface area (Å²) >= 11 is 0. The number of nitrogens with zero attached hydrogens (tertiary/aromatic N) is 5. The van der Waals surface area contributed by atoms with Crippen LogP contribution in [0.2, 0.25) is 0 Å². The topological polar surface area (TPSA) is 85.6 Å². The lowest BCUT2D eigenvalue weighted by molar-refractivity contribution is -0.122. The first-order valence-electron chi connectivity index (χ1n) is 10.3. The lowest BCUT2D eigenvalue weighted by Crippen LogP contribution is -2.37. The molecule has 1 aromatic carbocycles. The minimum atomic E-state index is -0.281. The van der Waals surface area contributed by atoms with Crippen LogP contribution in [-0.2, 0) is 24.2 Å². The number of halogens is 1. The fraction of sp³-hybridized carbons (Fsp3) is 0.208. The zero-order chi connectivity index (χ0) is 22.3. The fourth-order valence-electron chi connectivity index (χ4n) is 3.47. The van der Waals surface area contributed by atoms with Gasteiger partial charge < -0.3 is 5.32 Å². The first kappa shape index (κ1) is 21.3. The van der Waals surface area contributed by atoms with Crippen LogP contribution < -0.4 is 5.32 Å². The zero-order valence-corrected chi connectivity index (χ0v) is 17.6. The van der Waals surface area contributed by atoms with E-state index >= 15 is 0 Å². The number of hydrogen-bond donors (Lipinski definition) is 1. The van der Waals surface area contributed by atoms with E-state index in [1.54, 1.807) is 47.8 Å². The van der Waals surface area contributed by atoms with Gasteiger partial charge in [0.15, 0.2) is 0 Å². The van der Waals surface area contributed by atoms with Gasteiger partial charge in [0, 0.05) is 61.1 Å². The van der Waals surface area contributed by atoms with E-state index in [9.17, 15) is 9.18 Å². The van der Waals surface area contributed by atoms with Crippen molar-refractivity contribution in [3.05, 3.63) is 96.2 Å². The first-order valence-corrected chi connectivity index (χ1v) is 10.3. The van der Waals surface area contributed by atoms with E-state index in [-0.39, 0.29) is 24.3 Å². The summed E-state index contributed by atoms with van der Waals surface area (Å²) in [6, 6.07) is 11.9. The molecule has 1 atom stereocenters. The lowest BCUT2D eigenvalue weighted by Gasteiger charge is -2.14. The summed E-state index contributed by atoms with van der Waals surface area (Å²) in [5, 5.41) is 7.65. The quantitative estimate of drug-likeness (QED) is 0.464. The van der Waals surface area contributed by atoms with Crippen molar-refractivity contribution in [2.75, 3.05) is 0 Å². The Kier molecular flexibility index (Phi) is 6.60. The average Bonchev–Trinajstić information content (AvgIpc) is 3.18. The van der Waals surface area contributed by atoms with Crippen LogP contribution in [0, 0.1) is 5.82 Å². The molecule has 0 aliphatic heterocycles. The van der Waals surface area contributed by atoms with Gasteiger partial charge in [0.25, 0.3) is 0 Å². The van der Waals surface area contributed by atoms with Crippen LogP contribution in [0.15, 0.2) is 73.4 Å². The summed E-state index contributed by atoms with van der Waals surface area (Å²) in [5.41, 5.74) is 4.28. The van der Waals surface area contributed by atoms with Gasteiger partial charge in [-0.25, -0.2) is 4.39 Å². The van der Waals surface area contributed by atoms with Crippen molar-refractivity contribution in [3.63, 3.8) is 0 Å². The van der Waals surface area contributed by atoms with Crippen LogP contribution in [0.25, 0.3) is 11.3 Å². The minimum absolute atomic E-state index is 0.0758. The number of benzene rings is 1. The smallest absolute Gasteiger partial charge is 0.241 e. The van der Waals surface area contributed by atoms with Crippen molar-refractivity contribution in [1.82, 2.24) is 30.0 Å². The monoisotopic (exact) mass is 430 g/mol. The molecule has 4 aromatic rings. The highest BCUT2D eigenvalue weighted by atomic mass is 19.1. The summed E-state index contributed by atoms with van der Waals surface area (Å²) in [5.74, 6) is -0.428. The molecule has 4 rings (SSSR count). The summed E-state index contributed by atoms with van der Waals surface area (Å²) in [6.07, 6.45) is 9.47. The molecule has 0 spiro atoms. The molecular formula is C24H23FN6O. The third-order valence-corrected chi connectivity index (χ3v) is 4.97. The molecule has 0 saturated heterocycles. The Morgan fingerprint density at radius 3 is 2.56 bits per heavy atom. The van der Waals surface area contributed by atoms with E-state index in [2.05, 4.69) is 25.4 Å². The molecule has 0 saturated carbocycles. The average molecular weight is 430 g/mol. The Labute approximate surface area is 185 Å². The normalized spacial score (nSPS) is 11.8. The van der Waals surface area contributed by atoms with E-state index in [4.69, 9.17) is 0 Å². The second-order valence-corrected chi connectivity index (χ2v) is 7.59. The van der Waals surface area contributed by atoms with Crippen molar-refractivity contribution < 1.29 is 9.18 Å². The SMILES string of the molecule is CC(Cc1cnccn1)NC(=O)Cn1nc(-c2ccncc2)cc1Cc1ccc(F)cc1. The van der Waals surface area contributed by atoms with Crippen LogP contribution in [0.5, 0.6) is 0 Å². The number of carbonyl (C=O) groups excluding carboxylic acids is 1. The maximum atomic E-state index is 13.3. The third kappa shape index (κ3) is 5.60. The molecule has 0 aliphatic rings. The number of carbonyl (C=O) groups is 1. The van der Waals surface area contributed by atoms with E-state index in [0.29, 0.717) is 12.8 Å². The molecular weight excluding hydrogens is 407 g/mol. The van der Waals surface area contributed by atoms with Gasteiger partial charge in [-0.3, -0.25) is 24.4 Å². The number of nitrogens with one attached hydrogen (secondary N) is 1. The van der Waals surface area contributed by atoms with Crippen LogP contribution in [-0.4, -0.2) is 36.7 Å². The molecule has 3 aromatic heterocycles. The van der Waals surface area contributed by atoms with Gasteiger partial charge in [-0.05, 0) is 42.8 Å². The second kappa shape index (κ2) is 9.91. The van der Waals surface area contributed by atoms with Crippen LogP contribution in [0.3, 0.4) is 0 Å². The number of hydrogen-bond acceptors (Lipinski definition) is 5. The van der Waals surface area contributed by atoms with Crippen LogP contribution >= 0.6 is 0 Å². The molecule has 8 heteroatoms. The van der Waals surface area contributed by atoms with Crippen LogP contribution in [0.1, 0.15) is 23.9 Å². The molecule has 0 bridgehead atoms. The highest BCUT2D eigenvalue weighted by Crippen LogP contribution is 2.20. The van der Waals surface area contributed by atoms with Crippen LogP contribution in [0.4, 0.5) is 4.39 Å². The zero-order valence-electron chi connectivity index (χ0n) is 17.6. The summed E-state index contributed by atoms with van der Waals surface area (Å²) < 4.78 is 15.0. The third-order valence-electron chi connectivity index (χ3n) is 4.97. The van der Waals surface area contributed by atoms with Crippen molar-refractivity contribution in [3.8, 4) is 11.3 Å². The van der Waals surface area contributed by atoms with Gasteiger partial charge in [-0.15, -0.1) is 0 Å². The number of rotatable bonds is 8. The minimum Gasteiger partial charge on any atom is -0.352 e. The van der Waals surface area contributed by atoms with Crippen molar-refractivity contribution >= 4 is 5.91 Å². The standard InChI is InChI=1S/C24H23FN6O/c1-17(12-21-15-27-10-11-28-21)29-24(32)16-31-22(13-18-2-4-20(25)5-3-18)14-23(30-31)19-6-8-26-9-7-19/h2-11,14-15,17H,12-13,16H2,1H3,(H,29,32). The fourth-order valence-corrected chi connectivity index (χ4v) is 3.47. The Morgan fingerprint density at radius 2 is 1.84 bits per heavy atom. The van der Waals surface area contributed by atoms with E-state index in [1.807, 2.05) is 25.1 Å². The van der Waals surface area contributed by atoms with Crippen molar-refractivity contribution in [2.24, 2.45) is 0 Å². The van der Waals surface area contributed by atoms with E-state index in [1.165, 1.54) is 12.1 Å². The summed E-state index contributed by atoms with van der Waals surface area (Å²) in [7, 11) is 0. The summed E-state index contributed by atoms with van der Waals surface area (Å²) in [4.78, 5) is 25.1. The lowest BCUT2D eigenvalue weighted by atomic mass is 10.1. The number of amides is 1. The maximum absolute atomic E-state index is 13.3. The van der Waals surface area contributed by atoms with Gasteiger partial charge in [-0.2, -0.15) is 5.10 Å². The molecule has 0 fully saturated rings. The van der Waals surface area contributed by atoms with Gasteiger partial charge >= 0.3 is 0 Å². The molecule has 7 nitrogen and oxygen atoms in total. The second-order valence-electron chi connectivity index (χ2n) is 7.59. The molecule has 162 valence electrons. The highest BCUT2D eigenvalue weighted by molar-refractivity contribution is 5.76. The number of aromatic nitrogens is 5. The predicted octanol–water partition coefficient (Wildman–Crippen LogP) is 3.21. The Morgan fingerprint density at radius 1 is 1.06 bits per heavy atom. The van der Waals surface area contributed by atoms with E-state index in [0.717, 1.165) is 28.2 Å². The van der Waals surface area contributed by atoms with E-state index < -0.39 is 0 Å². The Balaban J connectivity index is 1.51. The maximum Gasteiger partial charge on any atom is 0.241 e. The number of pyridine rings is 1. The van der Waals surface area contributed by atoms with Crippen molar-refractivity contribution in [2.45, 2.75) is 32.4 Å². The van der Waals surface area contributed by atoms with Gasteiger partial charge in [-0.1, -0.05) is 12.1 Å². The molecule has 0 aliphatic carbocycles. The Hall–Kier alpha value is -3.94.